The van der Waals surface area contributed by atoms with E-state index < -0.39 is 12.1 Å². The molecular weight excluding hydrogens is 342 g/mol. The molecule has 0 aliphatic carbocycles. The predicted octanol–water partition coefficient (Wildman–Crippen LogP) is 1.05. The summed E-state index contributed by atoms with van der Waals surface area (Å²) < 4.78 is 16.0. The van der Waals surface area contributed by atoms with E-state index in [1.807, 2.05) is 6.07 Å². The van der Waals surface area contributed by atoms with Crippen LogP contribution in [0.15, 0.2) is 12.1 Å². The van der Waals surface area contributed by atoms with Crippen molar-refractivity contribution < 1.29 is 24.1 Å². The Morgan fingerprint density at radius 2 is 1.81 bits per heavy atom. The highest BCUT2D eigenvalue weighted by molar-refractivity contribution is 5.77. The van der Waals surface area contributed by atoms with Crippen LogP contribution in [0.25, 0.3) is 11.3 Å². The molecule has 5 N–H and O–H groups in total. The second kappa shape index (κ2) is 7.43. The number of carbonyl (C=O) groups is 1. The average Bonchev–Trinajstić information content (AvgIpc) is 2.60. The third kappa shape index (κ3) is 3.51. The Morgan fingerprint density at radius 1 is 1.23 bits per heavy atom. The lowest BCUT2D eigenvalue weighted by Gasteiger charge is -2.18. The molecule has 0 saturated heterocycles. The van der Waals surface area contributed by atoms with E-state index in [0.717, 1.165) is 0 Å². The fraction of sp³-hybridized carbons (Fsp3) is 0.250. The summed E-state index contributed by atoms with van der Waals surface area (Å²) in [5.41, 5.74) is 12.0. The molecule has 10 nitrogen and oxygen atoms in total. The van der Waals surface area contributed by atoms with E-state index >= 15 is 0 Å². The fourth-order valence-corrected chi connectivity index (χ4v) is 2.18. The highest BCUT2D eigenvalue weighted by Gasteiger charge is 2.23. The van der Waals surface area contributed by atoms with E-state index in [2.05, 4.69) is 9.97 Å². The van der Waals surface area contributed by atoms with Crippen LogP contribution in [0.3, 0.4) is 0 Å². The number of hydrogen-bond donors (Lipinski definition) is 3. The molecule has 0 fully saturated rings. The maximum Gasteiger partial charge on any atom is 0.344 e. The minimum atomic E-state index is -1.15. The largest absolute Gasteiger partial charge is 0.493 e. The molecule has 136 valence electrons. The van der Waals surface area contributed by atoms with E-state index in [1.165, 1.54) is 33.3 Å². The maximum absolute atomic E-state index is 11.1. The first-order valence-corrected chi connectivity index (χ1v) is 7.31. The summed E-state index contributed by atoms with van der Waals surface area (Å²) in [5.74, 6) is -0.843. The van der Waals surface area contributed by atoms with Crippen LogP contribution in [0.5, 0.6) is 17.2 Å². The van der Waals surface area contributed by atoms with Gasteiger partial charge in [-0.2, -0.15) is 10.2 Å². The lowest BCUT2D eigenvalue weighted by molar-refractivity contribution is -0.144. The van der Waals surface area contributed by atoms with Gasteiger partial charge in [0.05, 0.1) is 19.9 Å². The molecule has 1 atom stereocenters. The smallest absolute Gasteiger partial charge is 0.344 e. The first-order valence-electron chi connectivity index (χ1n) is 7.31. The van der Waals surface area contributed by atoms with Crippen molar-refractivity contribution in [1.29, 1.82) is 5.26 Å². The van der Waals surface area contributed by atoms with Crippen molar-refractivity contribution in [2.75, 3.05) is 25.7 Å². The first kappa shape index (κ1) is 18.6. The summed E-state index contributed by atoms with van der Waals surface area (Å²) in [7, 11) is 2.76. The van der Waals surface area contributed by atoms with E-state index in [9.17, 15) is 10.1 Å². The number of aromatic nitrogens is 2. The van der Waals surface area contributed by atoms with Gasteiger partial charge in [0.15, 0.2) is 17.6 Å². The number of carboxylic acid groups (broad SMARTS) is 1. The van der Waals surface area contributed by atoms with Crippen LogP contribution >= 0.6 is 0 Å². The van der Waals surface area contributed by atoms with Crippen LogP contribution in [0.4, 0.5) is 11.8 Å². The van der Waals surface area contributed by atoms with Crippen molar-refractivity contribution in [1.82, 2.24) is 9.97 Å². The van der Waals surface area contributed by atoms with Crippen LogP contribution in [0, 0.1) is 11.3 Å². The number of nitrogen functional groups attached to an aromatic ring is 2. The summed E-state index contributed by atoms with van der Waals surface area (Å²) in [6.07, 6.45) is -1.14. The molecule has 1 aromatic heterocycles. The van der Waals surface area contributed by atoms with Gasteiger partial charge in [-0.3, -0.25) is 0 Å². The molecule has 2 aromatic rings. The molecule has 10 heteroatoms. The van der Waals surface area contributed by atoms with Gasteiger partial charge in [-0.1, -0.05) is 0 Å². The average molecular weight is 359 g/mol. The van der Waals surface area contributed by atoms with Crippen molar-refractivity contribution in [3.05, 3.63) is 17.7 Å². The Labute approximate surface area is 148 Å². The highest BCUT2D eigenvalue weighted by atomic mass is 16.6. The predicted molar refractivity (Wildman–Crippen MR) is 91.8 cm³/mol. The van der Waals surface area contributed by atoms with Gasteiger partial charge in [0.25, 0.3) is 0 Å². The van der Waals surface area contributed by atoms with Crippen LogP contribution in [0.2, 0.25) is 0 Å². The lowest BCUT2D eigenvalue weighted by Crippen LogP contribution is -2.23. The third-order valence-electron chi connectivity index (χ3n) is 3.44. The van der Waals surface area contributed by atoms with Crippen LogP contribution in [0.1, 0.15) is 12.5 Å². The zero-order valence-electron chi connectivity index (χ0n) is 14.3. The Kier molecular flexibility index (Phi) is 5.32. The molecule has 0 aliphatic heterocycles. The van der Waals surface area contributed by atoms with E-state index in [4.69, 9.17) is 30.8 Å². The van der Waals surface area contributed by atoms with E-state index in [-0.39, 0.29) is 40.3 Å². The van der Waals surface area contributed by atoms with E-state index in [1.54, 1.807) is 0 Å². The second-order valence-corrected chi connectivity index (χ2v) is 5.11. The standard InChI is InChI=1S/C16H17N5O5/c1-7(15(22)23)26-13-10(24-2)4-8(5-11(13)25-3)12-9(6-17)14(18)21-16(19)20-12/h4-5,7H,1-3H3,(H,22,23)(H4,18,19,20,21). The Morgan fingerprint density at radius 3 is 2.27 bits per heavy atom. The Bertz CT molecular complexity index is 868. The van der Waals surface area contributed by atoms with E-state index in [0.29, 0.717) is 5.56 Å². The minimum Gasteiger partial charge on any atom is -0.493 e. The Balaban J connectivity index is 2.67. The summed E-state index contributed by atoms with van der Waals surface area (Å²) >= 11 is 0. The van der Waals surface area contributed by atoms with Crippen LogP contribution in [-0.4, -0.2) is 41.4 Å². The first-order chi connectivity index (χ1) is 12.3. The van der Waals surface area contributed by atoms with Gasteiger partial charge in [-0.05, 0) is 19.1 Å². The number of anilines is 2. The maximum atomic E-state index is 11.1. The molecule has 26 heavy (non-hydrogen) atoms. The number of nitriles is 1. The van der Waals surface area contributed by atoms with Gasteiger partial charge in [-0.25, -0.2) is 9.78 Å². The molecule has 0 bridgehead atoms. The van der Waals surface area contributed by atoms with Gasteiger partial charge in [0.1, 0.15) is 17.5 Å². The van der Waals surface area contributed by atoms with Gasteiger partial charge in [-0.15, -0.1) is 0 Å². The second-order valence-electron chi connectivity index (χ2n) is 5.11. The fourth-order valence-electron chi connectivity index (χ4n) is 2.18. The number of rotatable bonds is 6. The summed E-state index contributed by atoms with van der Waals surface area (Å²) in [6.45, 7) is 1.37. The van der Waals surface area contributed by atoms with Gasteiger partial charge < -0.3 is 30.8 Å². The molecule has 2 rings (SSSR count). The number of benzene rings is 1. The molecule has 1 unspecified atom stereocenters. The molecule has 0 amide bonds. The molecule has 0 spiro atoms. The topological polar surface area (TPSA) is 167 Å². The number of carboxylic acids is 1. The number of nitrogens with zero attached hydrogens (tertiary/aromatic N) is 3. The van der Waals surface area contributed by atoms with Crippen molar-refractivity contribution in [3.63, 3.8) is 0 Å². The van der Waals surface area contributed by atoms with Crippen LogP contribution in [-0.2, 0) is 4.79 Å². The number of ether oxygens (including phenoxy) is 3. The summed E-state index contributed by atoms with van der Waals surface area (Å²) in [6, 6.07) is 4.95. The molecule has 0 aliphatic rings. The van der Waals surface area contributed by atoms with Crippen molar-refractivity contribution in [3.8, 4) is 34.6 Å². The quantitative estimate of drug-likeness (QED) is 0.678. The minimum absolute atomic E-state index is 0.0379. The van der Waals surface area contributed by atoms with Crippen molar-refractivity contribution >= 4 is 17.7 Å². The number of nitrogens with two attached hydrogens (primary N) is 2. The zero-order chi connectivity index (χ0) is 19.4. The highest BCUT2D eigenvalue weighted by Crippen LogP contribution is 2.42. The molecular formula is C16H17N5O5. The third-order valence-corrected chi connectivity index (χ3v) is 3.44. The Hall–Kier alpha value is -3.74. The monoisotopic (exact) mass is 359 g/mol. The summed E-state index contributed by atoms with van der Waals surface area (Å²) in [5, 5.41) is 18.4. The number of aliphatic carboxylic acids is 1. The SMILES string of the molecule is COc1cc(-c2nc(N)nc(N)c2C#N)cc(OC)c1OC(C)C(=O)O. The molecule has 0 radical (unpaired) electrons. The molecule has 1 aromatic carbocycles. The number of hydrogen-bond acceptors (Lipinski definition) is 9. The van der Waals surface area contributed by atoms with Crippen LogP contribution < -0.4 is 25.7 Å². The van der Waals surface area contributed by atoms with Crippen molar-refractivity contribution in [2.45, 2.75) is 13.0 Å². The molecule has 0 saturated carbocycles. The zero-order valence-corrected chi connectivity index (χ0v) is 14.3. The van der Waals surface area contributed by atoms with Gasteiger partial charge in [0, 0.05) is 5.56 Å². The number of methoxy groups -OCH3 is 2. The van der Waals surface area contributed by atoms with Gasteiger partial charge >= 0.3 is 5.97 Å². The normalized spacial score (nSPS) is 11.3. The van der Waals surface area contributed by atoms with Crippen molar-refractivity contribution in [2.24, 2.45) is 0 Å². The lowest BCUT2D eigenvalue weighted by atomic mass is 10.1. The van der Waals surface area contributed by atoms with Gasteiger partial charge in [0.2, 0.25) is 11.7 Å². The summed E-state index contributed by atoms with van der Waals surface area (Å²) in [4.78, 5) is 18.9. The molecule has 1 heterocycles.